The molecule has 0 radical (unpaired) electrons. The van der Waals surface area contributed by atoms with Gasteiger partial charge in [-0.1, -0.05) is 19.8 Å². The highest BCUT2D eigenvalue weighted by Gasteiger charge is 2.37. The molecule has 1 aliphatic heterocycles. The monoisotopic (exact) mass is 307 g/mol. The molecule has 1 aliphatic carbocycles. The summed E-state index contributed by atoms with van der Waals surface area (Å²) in [6.45, 7) is 3.79. The van der Waals surface area contributed by atoms with Gasteiger partial charge in [0.25, 0.3) is 0 Å². The van der Waals surface area contributed by atoms with Crippen LogP contribution in [0.5, 0.6) is 0 Å². The van der Waals surface area contributed by atoms with Gasteiger partial charge in [-0.25, -0.2) is 9.78 Å². The average molecular weight is 307 g/mol. The zero-order chi connectivity index (χ0) is 14.7. The number of carbonyl (C=O) groups excluding carboxylic acids is 1. The maximum atomic E-state index is 12.3. The molecular weight excluding hydrogens is 282 g/mol. The molecule has 0 bridgehead atoms. The van der Waals surface area contributed by atoms with Gasteiger partial charge in [-0.3, -0.25) is 0 Å². The molecule has 1 aromatic rings. The highest BCUT2D eigenvalue weighted by molar-refractivity contribution is 7.11. The van der Waals surface area contributed by atoms with E-state index < -0.39 is 0 Å². The number of carbonyl (C=O) groups is 1. The predicted molar refractivity (Wildman–Crippen MR) is 85.7 cm³/mol. The van der Waals surface area contributed by atoms with Crippen LogP contribution >= 0.6 is 11.3 Å². The van der Waals surface area contributed by atoms with Crippen LogP contribution in [0.3, 0.4) is 0 Å². The Morgan fingerprint density at radius 1 is 1.43 bits per heavy atom. The molecule has 4 nitrogen and oxygen atoms in total. The first-order valence-corrected chi connectivity index (χ1v) is 9.07. The van der Waals surface area contributed by atoms with Gasteiger partial charge in [-0.15, -0.1) is 11.3 Å². The molecule has 0 aromatic carbocycles. The molecule has 3 rings (SSSR count). The van der Waals surface area contributed by atoms with Crippen molar-refractivity contribution in [3.05, 3.63) is 16.1 Å². The molecule has 116 valence electrons. The van der Waals surface area contributed by atoms with Gasteiger partial charge in [0, 0.05) is 36.6 Å². The van der Waals surface area contributed by atoms with E-state index in [1.165, 1.54) is 37.0 Å². The topological polar surface area (TPSA) is 45.2 Å². The summed E-state index contributed by atoms with van der Waals surface area (Å²) < 4.78 is 0. The van der Waals surface area contributed by atoms with Crippen molar-refractivity contribution in [1.82, 2.24) is 15.2 Å². The fourth-order valence-electron chi connectivity index (χ4n) is 3.66. The van der Waals surface area contributed by atoms with Crippen LogP contribution in [0.15, 0.2) is 6.20 Å². The van der Waals surface area contributed by atoms with E-state index in [-0.39, 0.29) is 6.03 Å². The van der Waals surface area contributed by atoms with E-state index in [0.717, 1.165) is 30.3 Å². The third kappa shape index (κ3) is 3.39. The van der Waals surface area contributed by atoms with Crippen molar-refractivity contribution in [1.29, 1.82) is 0 Å². The van der Waals surface area contributed by atoms with Gasteiger partial charge in [0.15, 0.2) is 0 Å². The van der Waals surface area contributed by atoms with E-state index in [0.29, 0.717) is 12.6 Å². The van der Waals surface area contributed by atoms with Crippen LogP contribution in [-0.4, -0.2) is 35.0 Å². The van der Waals surface area contributed by atoms with Crippen LogP contribution in [0, 0.1) is 5.92 Å². The Balaban J connectivity index is 1.45. The molecule has 21 heavy (non-hydrogen) atoms. The molecule has 5 heteroatoms. The number of aryl methyl sites for hydroxylation is 1. The predicted octanol–water partition coefficient (Wildman–Crippen LogP) is 3.22. The first-order chi connectivity index (χ1) is 10.3. The zero-order valence-electron chi connectivity index (χ0n) is 12.8. The Hall–Kier alpha value is -1.10. The molecule has 2 fully saturated rings. The number of thiazole rings is 1. The van der Waals surface area contributed by atoms with E-state index in [2.05, 4.69) is 22.1 Å². The quantitative estimate of drug-likeness (QED) is 0.928. The molecule has 2 heterocycles. The Bertz CT molecular complexity index is 488. The Kier molecular flexibility index (Phi) is 4.78. The lowest BCUT2D eigenvalue weighted by molar-refractivity contribution is 0.170. The van der Waals surface area contributed by atoms with Crippen LogP contribution in [0.4, 0.5) is 4.79 Å². The fourth-order valence-corrected chi connectivity index (χ4v) is 4.52. The SMILES string of the molecule is CCc1cnc(CCNC(=O)N2CCC3CCCCC32)s1. The number of urea groups is 1. The molecule has 1 N–H and O–H groups in total. The minimum absolute atomic E-state index is 0.136. The Morgan fingerprint density at radius 3 is 3.10 bits per heavy atom. The molecule has 2 unspecified atom stereocenters. The zero-order valence-corrected chi connectivity index (χ0v) is 13.6. The van der Waals surface area contributed by atoms with Gasteiger partial charge in [-0.05, 0) is 31.6 Å². The standard InChI is InChI=1S/C16H25N3OS/c1-2-13-11-18-15(21-13)7-9-17-16(20)19-10-8-12-5-3-4-6-14(12)19/h11-12,14H,2-10H2,1H3,(H,17,20). The minimum Gasteiger partial charge on any atom is -0.338 e. The second-order valence-electron chi connectivity index (χ2n) is 6.15. The van der Waals surface area contributed by atoms with Crippen molar-refractivity contribution in [3.63, 3.8) is 0 Å². The number of nitrogens with one attached hydrogen (secondary N) is 1. The van der Waals surface area contributed by atoms with Crippen LogP contribution in [-0.2, 0) is 12.8 Å². The number of fused-ring (bicyclic) bond motifs is 1. The van der Waals surface area contributed by atoms with Crippen molar-refractivity contribution in [3.8, 4) is 0 Å². The van der Waals surface area contributed by atoms with E-state index in [1.54, 1.807) is 11.3 Å². The first kappa shape index (κ1) is 14.8. The van der Waals surface area contributed by atoms with Crippen molar-refractivity contribution in [2.75, 3.05) is 13.1 Å². The van der Waals surface area contributed by atoms with Crippen LogP contribution < -0.4 is 5.32 Å². The minimum atomic E-state index is 0.136. The summed E-state index contributed by atoms with van der Waals surface area (Å²) in [4.78, 5) is 20.2. The first-order valence-electron chi connectivity index (χ1n) is 8.26. The van der Waals surface area contributed by atoms with Gasteiger partial charge in [0.2, 0.25) is 0 Å². The number of aromatic nitrogens is 1. The molecule has 0 spiro atoms. The summed E-state index contributed by atoms with van der Waals surface area (Å²) in [6.07, 6.45) is 10.2. The largest absolute Gasteiger partial charge is 0.338 e. The molecule has 2 atom stereocenters. The van der Waals surface area contributed by atoms with E-state index in [1.807, 2.05) is 6.20 Å². The molecular formula is C16H25N3OS. The summed E-state index contributed by atoms with van der Waals surface area (Å²) in [7, 11) is 0. The molecule has 2 amide bonds. The van der Waals surface area contributed by atoms with Gasteiger partial charge in [0.1, 0.15) is 0 Å². The van der Waals surface area contributed by atoms with E-state index in [4.69, 9.17) is 0 Å². The maximum absolute atomic E-state index is 12.3. The number of likely N-dealkylation sites (tertiary alicyclic amines) is 1. The van der Waals surface area contributed by atoms with Gasteiger partial charge < -0.3 is 10.2 Å². The smallest absolute Gasteiger partial charge is 0.317 e. The van der Waals surface area contributed by atoms with E-state index >= 15 is 0 Å². The summed E-state index contributed by atoms with van der Waals surface area (Å²) in [5.41, 5.74) is 0. The van der Waals surface area contributed by atoms with Gasteiger partial charge in [0.05, 0.1) is 5.01 Å². The van der Waals surface area contributed by atoms with Gasteiger partial charge in [-0.2, -0.15) is 0 Å². The Labute approximate surface area is 130 Å². The second kappa shape index (κ2) is 6.77. The third-order valence-electron chi connectivity index (χ3n) is 4.84. The average Bonchev–Trinajstić information content (AvgIpc) is 3.13. The normalized spacial score (nSPS) is 24.9. The van der Waals surface area contributed by atoms with Crippen molar-refractivity contribution in [2.24, 2.45) is 5.92 Å². The highest BCUT2D eigenvalue weighted by atomic mass is 32.1. The summed E-state index contributed by atoms with van der Waals surface area (Å²) >= 11 is 1.76. The van der Waals surface area contributed by atoms with Crippen LogP contribution in [0.2, 0.25) is 0 Å². The number of hydrogen-bond acceptors (Lipinski definition) is 3. The lowest BCUT2D eigenvalue weighted by atomic mass is 9.85. The molecule has 1 saturated carbocycles. The molecule has 1 saturated heterocycles. The molecule has 2 aliphatic rings. The maximum Gasteiger partial charge on any atom is 0.317 e. The fraction of sp³-hybridized carbons (Fsp3) is 0.750. The van der Waals surface area contributed by atoms with Gasteiger partial charge >= 0.3 is 6.03 Å². The number of rotatable bonds is 4. The Morgan fingerprint density at radius 2 is 2.29 bits per heavy atom. The number of hydrogen-bond donors (Lipinski definition) is 1. The lowest BCUT2D eigenvalue weighted by Gasteiger charge is -2.31. The van der Waals surface area contributed by atoms with Crippen molar-refractivity contribution < 1.29 is 4.79 Å². The lowest BCUT2D eigenvalue weighted by Crippen LogP contribution is -2.45. The number of nitrogens with zero attached hydrogens (tertiary/aromatic N) is 2. The second-order valence-corrected chi connectivity index (χ2v) is 7.35. The summed E-state index contributed by atoms with van der Waals surface area (Å²) in [5.74, 6) is 0.760. The van der Waals surface area contributed by atoms with Crippen LogP contribution in [0.1, 0.15) is 48.9 Å². The van der Waals surface area contributed by atoms with Crippen LogP contribution in [0.25, 0.3) is 0 Å². The summed E-state index contributed by atoms with van der Waals surface area (Å²) in [5, 5.41) is 4.22. The van der Waals surface area contributed by atoms with Crippen molar-refractivity contribution in [2.45, 2.75) is 57.9 Å². The van der Waals surface area contributed by atoms with E-state index in [9.17, 15) is 4.79 Å². The summed E-state index contributed by atoms with van der Waals surface area (Å²) in [6, 6.07) is 0.641. The highest BCUT2D eigenvalue weighted by Crippen LogP contribution is 2.35. The number of amides is 2. The van der Waals surface area contributed by atoms with Crippen molar-refractivity contribution >= 4 is 17.4 Å². The molecule has 1 aromatic heterocycles. The third-order valence-corrected chi connectivity index (χ3v) is 6.04.